The zero-order chi connectivity index (χ0) is 24.2. The molecule has 1 N–H and O–H groups in total. The van der Waals surface area contributed by atoms with Crippen molar-refractivity contribution >= 4 is 11.6 Å². The van der Waals surface area contributed by atoms with Gasteiger partial charge in [-0.15, -0.1) is 0 Å². The number of carbonyl (C=O) groups is 1. The molecular weight excluding hydrogens is 428 g/mol. The maximum Gasteiger partial charge on any atom is 0.322 e. The number of allylic oxidation sites excluding steroid dienone is 1. The first-order valence-corrected chi connectivity index (χ1v) is 11.8. The van der Waals surface area contributed by atoms with Crippen LogP contribution in [-0.2, 0) is 0 Å². The van der Waals surface area contributed by atoms with Crippen LogP contribution in [0.1, 0.15) is 61.7 Å². The van der Waals surface area contributed by atoms with E-state index in [2.05, 4.69) is 43.4 Å². The molecule has 3 aromatic rings. The quantitative estimate of drug-likeness (QED) is 0.414. The van der Waals surface area contributed by atoms with Crippen molar-refractivity contribution in [1.82, 2.24) is 20.4 Å². The molecule has 0 spiro atoms. The minimum atomic E-state index is -0.382. The van der Waals surface area contributed by atoms with E-state index in [1.165, 1.54) is 5.56 Å². The van der Waals surface area contributed by atoms with Gasteiger partial charge in [0.1, 0.15) is 5.75 Å². The van der Waals surface area contributed by atoms with Crippen LogP contribution in [0.25, 0.3) is 17.0 Å². The normalized spacial score (nSPS) is 16.1. The number of aryl methyl sites for hydroxylation is 2. The molecule has 2 heterocycles. The van der Waals surface area contributed by atoms with Crippen LogP contribution >= 0.6 is 0 Å². The molecule has 0 fully saturated rings. The van der Waals surface area contributed by atoms with E-state index in [0.717, 1.165) is 53.0 Å². The van der Waals surface area contributed by atoms with Crippen molar-refractivity contribution in [2.75, 3.05) is 13.7 Å². The summed E-state index contributed by atoms with van der Waals surface area (Å²) >= 11 is 0. The number of unbranched alkanes of at least 4 members (excludes halogenated alkanes) is 2. The first kappa shape index (κ1) is 23.5. The number of amides is 2. The van der Waals surface area contributed by atoms with Gasteiger partial charge in [-0.05, 0) is 56.0 Å². The van der Waals surface area contributed by atoms with Gasteiger partial charge >= 0.3 is 6.03 Å². The third kappa shape index (κ3) is 4.69. The number of ether oxygens (including phenoxy) is 1. The number of aromatic nitrogens is 2. The molecule has 2 aromatic carbocycles. The molecule has 178 valence electrons. The predicted molar refractivity (Wildman–Crippen MR) is 132 cm³/mol. The number of nitrogens with zero attached hydrogens (tertiary/aromatic N) is 3. The number of rotatable bonds is 8. The molecule has 0 bridgehead atoms. The topological polar surface area (TPSA) is 80.5 Å². The summed E-state index contributed by atoms with van der Waals surface area (Å²) in [6.07, 6.45) is 3.08. The standard InChI is InChI=1S/C27H32N4O3/c1-6-7-8-14-31-19(4)23(24(28-27(31)32)20-13-12-17(2)18(3)15-20)26-29-25(30-34-26)21-10-9-11-22(16-21)33-5/h9-13,15-16,24H,6-8,14H2,1-5H3,(H,28,32). The highest BCUT2D eigenvalue weighted by Crippen LogP contribution is 2.38. The van der Waals surface area contributed by atoms with Crippen LogP contribution in [0.15, 0.2) is 52.7 Å². The second kappa shape index (κ2) is 10.1. The van der Waals surface area contributed by atoms with Crippen LogP contribution in [0.2, 0.25) is 0 Å². The Balaban J connectivity index is 1.78. The van der Waals surface area contributed by atoms with Gasteiger partial charge in [-0.2, -0.15) is 4.98 Å². The van der Waals surface area contributed by atoms with Crippen molar-refractivity contribution < 1.29 is 14.1 Å². The van der Waals surface area contributed by atoms with Crippen molar-refractivity contribution in [2.45, 2.75) is 53.0 Å². The summed E-state index contributed by atoms with van der Waals surface area (Å²) in [6.45, 7) is 8.91. The maximum atomic E-state index is 13.1. The minimum Gasteiger partial charge on any atom is -0.497 e. The van der Waals surface area contributed by atoms with Gasteiger partial charge < -0.3 is 14.6 Å². The molecule has 0 radical (unpaired) electrons. The SMILES string of the molecule is CCCCCN1C(=O)NC(c2ccc(C)c(C)c2)C(c2nc(-c3cccc(OC)c3)no2)=C1C. The summed E-state index contributed by atoms with van der Waals surface area (Å²) in [5, 5.41) is 7.43. The van der Waals surface area contributed by atoms with Gasteiger partial charge in [0.15, 0.2) is 0 Å². The Labute approximate surface area is 200 Å². The summed E-state index contributed by atoms with van der Waals surface area (Å²) in [7, 11) is 1.63. The Hall–Kier alpha value is -3.61. The van der Waals surface area contributed by atoms with E-state index < -0.39 is 0 Å². The molecule has 2 amide bonds. The molecule has 7 heteroatoms. The van der Waals surface area contributed by atoms with Crippen molar-refractivity contribution in [1.29, 1.82) is 0 Å². The van der Waals surface area contributed by atoms with Gasteiger partial charge in [0.25, 0.3) is 5.89 Å². The highest BCUT2D eigenvalue weighted by atomic mass is 16.5. The fourth-order valence-electron chi connectivity index (χ4n) is 4.25. The second-order valence-electron chi connectivity index (χ2n) is 8.74. The van der Waals surface area contributed by atoms with Crippen LogP contribution in [0.3, 0.4) is 0 Å². The van der Waals surface area contributed by atoms with Gasteiger partial charge in [-0.1, -0.05) is 55.3 Å². The molecule has 1 atom stereocenters. The van der Waals surface area contributed by atoms with Gasteiger partial charge in [-0.25, -0.2) is 4.79 Å². The highest BCUT2D eigenvalue weighted by Gasteiger charge is 2.35. The van der Waals surface area contributed by atoms with Gasteiger partial charge in [0.2, 0.25) is 5.82 Å². The lowest BCUT2D eigenvalue weighted by Gasteiger charge is -2.35. The van der Waals surface area contributed by atoms with E-state index in [-0.39, 0.29) is 12.1 Å². The van der Waals surface area contributed by atoms with E-state index >= 15 is 0 Å². The third-order valence-corrected chi connectivity index (χ3v) is 6.43. The van der Waals surface area contributed by atoms with E-state index in [1.807, 2.05) is 37.3 Å². The number of methoxy groups -OCH3 is 1. The lowest BCUT2D eigenvalue weighted by Crippen LogP contribution is -2.46. The molecule has 1 aliphatic rings. The van der Waals surface area contributed by atoms with E-state index in [0.29, 0.717) is 18.3 Å². The Morgan fingerprint density at radius 2 is 1.91 bits per heavy atom. The van der Waals surface area contributed by atoms with E-state index in [1.54, 1.807) is 12.0 Å². The van der Waals surface area contributed by atoms with Crippen LogP contribution in [-0.4, -0.2) is 34.7 Å². The summed E-state index contributed by atoms with van der Waals surface area (Å²) < 4.78 is 11.1. The fraction of sp³-hybridized carbons (Fsp3) is 0.370. The summed E-state index contributed by atoms with van der Waals surface area (Å²) in [6, 6.07) is 13.3. The van der Waals surface area contributed by atoms with Crippen molar-refractivity contribution in [2.24, 2.45) is 0 Å². The first-order chi connectivity index (χ1) is 16.4. The Kier molecular flexibility index (Phi) is 7.01. The minimum absolute atomic E-state index is 0.104. The molecule has 1 unspecified atom stereocenters. The molecule has 1 aromatic heterocycles. The maximum absolute atomic E-state index is 13.1. The average Bonchev–Trinajstić information content (AvgIpc) is 3.32. The third-order valence-electron chi connectivity index (χ3n) is 6.43. The number of nitrogens with one attached hydrogen (secondary N) is 1. The molecule has 4 rings (SSSR count). The highest BCUT2D eigenvalue weighted by molar-refractivity contribution is 5.87. The van der Waals surface area contributed by atoms with E-state index in [9.17, 15) is 4.79 Å². The lowest BCUT2D eigenvalue weighted by atomic mass is 9.92. The molecule has 0 saturated carbocycles. The van der Waals surface area contributed by atoms with Crippen LogP contribution < -0.4 is 10.1 Å². The molecule has 0 saturated heterocycles. The zero-order valence-corrected chi connectivity index (χ0v) is 20.5. The van der Waals surface area contributed by atoms with Gasteiger partial charge in [0.05, 0.1) is 18.7 Å². The molecular formula is C27H32N4O3. The lowest BCUT2D eigenvalue weighted by molar-refractivity contribution is 0.204. The monoisotopic (exact) mass is 460 g/mol. The van der Waals surface area contributed by atoms with Crippen molar-refractivity contribution in [3.63, 3.8) is 0 Å². The number of hydrogen-bond acceptors (Lipinski definition) is 5. The summed E-state index contributed by atoms with van der Waals surface area (Å²) in [5.41, 5.74) is 5.81. The largest absolute Gasteiger partial charge is 0.497 e. The Morgan fingerprint density at radius 1 is 1.09 bits per heavy atom. The van der Waals surface area contributed by atoms with Gasteiger partial charge in [0, 0.05) is 17.8 Å². The number of urea groups is 1. The van der Waals surface area contributed by atoms with Crippen molar-refractivity contribution in [3.8, 4) is 17.1 Å². The molecule has 0 aliphatic carbocycles. The number of carbonyl (C=O) groups excluding carboxylic acids is 1. The Morgan fingerprint density at radius 3 is 2.65 bits per heavy atom. The number of benzene rings is 2. The summed E-state index contributed by atoms with van der Waals surface area (Å²) in [4.78, 5) is 19.6. The van der Waals surface area contributed by atoms with E-state index in [4.69, 9.17) is 14.2 Å². The average molecular weight is 461 g/mol. The second-order valence-corrected chi connectivity index (χ2v) is 8.74. The fourth-order valence-corrected chi connectivity index (χ4v) is 4.25. The first-order valence-electron chi connectivity index (χ1n) is 11.8. The van der Waals surface area contributed by atoms with Crippen LogP contribution in [0, 0.1) is 13.8 Å². The Bertz CT molecular complexity index is 1210. The molecule has 7 nitrogen and oxygen atoms in total. The molecule has 1 aliphatic heterocycles. The van der Waals surface area contributed by atoms with Crippen LogP contribution in [0.5, 0.6) is 5.75 Å². The predicted octanol–water partition coefficient (Wildman–Crippen LogP) is 6.05. The van der Waals surface area contributed by atoms with Crippen LogP contribution in [0.4, 0.5) is 4.79 Å². The zero-order valence-electron chi connectivity index (χ0n) is 20.5. The molecule has 34 heavy (non-hydrogen) atoms. The smallest absolute Gasteiger partial charge is 0.322 e. The summed E-state index contributed by atoms with van der Waals surface area (Å²) in [5.74, 6) is 1.60. The van der Waals surface area contributed by atoms with Crippen molar-refractivity contribution in [3.05, 3.63) is 70.7 Å². The number of hydrogen-bond donors (Lipinski definition) is 1. The van der Waals surface area contributed by atoms with Gasteiger partial charge in [-0.3, -0.25) is 4.90 Å².